The van der Waals surface area contributed by atoms with E-state index in [1.807, 2.05) is 6.92 Å². The first-order chi connectivity index (χ1) is 8.13. The van der Waals surface area contributed by atoms with Crippen LogP contribution in [0.3, 0.4) is 0 Å². The highest BCUT2D eigenvalue weighted by atomic mass is 19.1. The average molecular weight is 235 g/mol. The van der Waals surface area contributed by atoms with E-state index < -0.39 is 0 Å². The van der Waals surface area contributed by atoms with Gasteiger partial charge in [0.15, 0.2) is 0 Å². The van der Waals surface area contributed by atoms with Gasteiger partial charge < -0.3 is 0 Å². The molecule has 2 rings (SSSR count). The lowest BCUT2D eigenvalue weighted by Crippen LogP contribution is -2.44. The Kier molecular flexibility index (Phi) is 3.22. The largest absolute Gasteiger partial charge is 0.296 e. The van der Waals surface area contributed by atoms with Gasteiger partial charge >= 0.3 is 0 Å². The molecule has 1 aromatic carbocycles. The minimum absolute atomic E-state index is 0.172. The van der Waals surface area contributed by atoms with Crippen LogP contribution in [0.25, 0.3) is 0 Å². The van der Waals surface area contributed by atoms with E-state index in [1.165, 1.54) is 6.07 Å². The zero-order chi connectivity index (χ0) is 12.4. The molecule has 3 nitrogen and oxygen atoms in total. The summed E-state index contributed by atoms with van der Waals surface area (Å²) < 4.78 is 13.7. The zero-order valence-corrected chi connectivity index (χ0v) is 9.57. The predicted octanol–water partition coefficient (Wildman–Crippen LogP) is 1.98. The summed E-state index contributed by atoms with van der Waals surface area (Å²) in [5.74, 6) is -1.64. The Morgan fingerprint density at radius 1 is 1.35 bits per heavy atom. The maximum atomic E-state index is 13.7. The molecule has 0 bridgehead atoms. The minimum Gasteiger partial charge on any atom is -0.296 e. The molecule has 2 atom stereocenters. The van der Waals surface area contributed by atoms with Gasteiger partial charge in [-0.3, -0.25) is 14.9 Å². The highest BCUT2D eigenvalue weighted by molar-refractivity contribution is 5.99. The second-order valence-electron chi connectivity index (χ2n) is 4.26. The number of rotatable bonds is 2. The summed E-state index contributed by atoms with van der Waals surface area (Å²) in [6.45, 7) is 1.87. The summed E-state index contributed by atoms with van der Waals surface area (Å²) in [6.07, 6.45) is 0.767. The summed E-state index contributed by atoms with van der Waals surface area (Å²) in [7, 11) is 0. The molecule has 0 aliphatic carbocycles. The smallest absolute Gasteiger partial charge is 0.230 e. The Labute approximate surface area is 99.0 Å². The molecule has 1 N–H and O–H groups in total. The van der Waals surface area contributed by atoms with Gasteiger partial charge in [0.2, 0.25) is 11.8 Å². The molecular formula is C13H14FNO2. The molecule has 1 aliphatic rings. The van der Waals surface area contributed by atoms with Crippen molar-refractivity contribution in [2.24, 2.45) is 5.92 Å². The highest BCUT2D eigenvalue weighted by Gasteiger charge is 2.36. The normalized spacial score (nSPS) is 24.6. The van der Waals surface area contributed by atoms with E-state index in [1.54, 1.807) is 18.2 Å². The number of nitrogens with one attached hydrogen (secondary N) is 1. The van der Waals surface area contributed by atoms with Crippen LogP contribution in [-0.4, -0.2) is 11.8 Å². The van der Waals surface area contributed by atoms with Crippen LogP contribution in [0.5, 0.6) is 0 Å². The molecule has 17 heavy (non-hydrogen) atoms. The third-order valence-corrected chi connectivity index (χ3v) is 3.23. The van der Waals surface area contributed by atoms with Crippen LogP contribution in [0.4, 0.5) is 4.39 Å². The van der Waals surface area contributed by atoms with Crippen LogP contribution in [0, 0.1) is 11.7 Å². The number of hydrogen-bond acceptors (Lipinski definition) is 2. The first-order valence-corrected chi connectivity index (χ1v) is 5.71. The number of imide groups is 1. The molecule has 1 aliphatic heterocycles. The molecule has 0 saturated carbocycles. The van der Waals surface area contributed by atoms with Crippen molar-refractivity contribution in [3.05, 3.63) is 35.6 Å². The molecule has 4 heteroatoms. The van der Waals surface area contributed by atoms with Crippen molar-refractivity contribution >= 4 is 11.8 Å². The number of halogens is 1. The summed E-state index contributed by atoms with van der Waals surface area (Å²) in [5.41, 5.74) is 0.461. The predicted molar refractivity (Wildman–Crippen MR) is 60.7 cm³/mol. The molecule has 0 spiro atoms. The van der Waals surface area contributed by atoms with Crippen molar-refractivity contribution in [2.45, 2.75) is 25.7 Å². The Bertz CT molecular complexity index is 458. The van der Waals surface area contributed by atoms with Crippen LogP contribution < -0.4 is 5.32 Å². The van der Waals surface area contributed by atoms with E-state index >= 15 is 0 Å². The monoisotopic (exact) mass is 235 g/mol. The van der Waals surface area contributed by atoms with Gasteiger partial charge in [-0.05, 0) is 18.1 Å². The standard InChI is InChI=1S/C13H14FNO2/c1-2-8-10(7-12(16)15-13(8)17)9-5-3-4-6-11(9)14/h3-6,8,10H,2,7H2,1H3,(H,15,16,17). The van der Waals surface area contributed by atoms with Crippen molar-refractivity contribution < 1.29 is 14.0 Å². The van der Waals surface area contributed by atoms with E-state index in [9.17, 15) is 14.0 Å². The molecule has 1 saturated heterocycles. The average Bonchev–Trinajstić information content (AvgIpc) is 2.28. The Balaban J connectivity index is 2.38. The fraction of sp³-hybridized carbons (Fsp3) is 0.385. The lowest BCUT2D eigenvalue weighted by atomic mass is 9.79. The fourth-order valence-electron chi connectivity index (χ4n) is 2.38. The number of carbonyl (C=O) groups excluding carboxylic acids is 2. The second-order valence-corrected chi connectivity index (χ2v) is 4.26. The van der Waals surface area contributed by atoms with Gasteiger partial charge in [0.25, 0.3) is 0 Å². The Morgan fingerprint density at radius 2 is 2.06 bits per heavy atom. The third-order valence-electron chi connectivity index (χ3n) is 3.23. The van der Waals surface area contributed by atoms with Crippen molar-refractivity contribution in [2.75, 3.05) is 0 Å². The van der Waals surface area contributed by atoms with E-state index in [2.05, 4.69) is 5.32 Å². The van der Waals surface area contributed by atoms with Crippen molar-refractivity contribution in [1.82, 2.24) is 5.32 Å². The number of benzene rings is 1. The van der Waals surface area contributed by atoms with Crippen molar-refractivity contribution in [3.8, 4) is 0 Å². The minimum atomic E-state index is -0.349. The van der Waals surface area contributed by atoms with Gasteiger partial charge in [-0.15, -0.1) is 0 Å². The molecule has 0 aromatic heterocycles. The molecule has 1 fully saturated rings. The quantitative estimate of drug-likeness (QED) is 0.797. The van der Waals surface area contributed by atoms with Crippen LogP contribution >= 0.6 is 0 Å². The van der Waals surface area contributed by atoms with Crippen LogP contribution in [-0.2, 0) is 9.59 Å². The lowest BCUT2D eigenvalue weighted by molar-refractivity contribution is -0.137. The van der Waals surface area contributed by atoms with Crippen LogP contribution in [0.15, 0.2) is 24.3 Å². The third kappa shape index (κ3) is 2.20. The van der Waals surface area contributed by atoms with Gasteiger partial charge in [-0.2, -0.15) is 0 Å². The van der Waals surface area contributed by atoms with E-state index in [0.717, 1.165) is 0 Å². The Hall–Kier alpha value is -1.71. The van der Waals surface area contributed by atoms with Gasteiger partial charge in [0.1, 0.15) is 5.82 Å². The fourth-order valence-corrected chi connectivity index (χ4v) is 2.38. The van der Waals surface area contributed by atoms with E-state index in [0.29, 0.717) is 12.0 Å². The molecule has 0 radical (unpaired) electrons. The number of piperidine rings is 1. The molecule has 90 valence electrons. The van der Waals surface area contributed by atoms with Crippen molar-refractivity contribution in [3.63, 3.8) is 0 Å². The molecule has 1 aromatic rings. The van der Waals surface area contributed by atoms with Crippen LogP contribution in [0.1, 0.15) is 31.2 Å². The highest BCUT2D eigenvalue weighted by Crippen LogP contribution is 2.34. The molecule has 2 amide bonds. The number of carbonyl (C=O) groups is 2. The Morgan fingerprint density at radius 3 is 2.71 bits per heavy atom. The summed E-state index contributed by atoms with van der Waals surface area (Å²) in [6, 6.07) is 6.33. The first-order valence-electron chi connectivity index (χ1n) is 5.71. The van der Waals surface area contributed by atoms with Crippen molar-refractivity contribution in [1.29, 1.82) is 0 Å². The van der Waals surface area contributed by atoms with Gasteiger partial charge in [-0.25, -0.2) is 4.39 Å². The van der Waals surface area contributed by atoms with Gasteiger partial charge in [0, 0.05) is 18.3 Å². The number of amides is 2. The maximum Gasteiger partial charge on any atom is 0.230 e. The zero-order valence-electron chi connectivity index (χ0n) is 9.57. The number of hydrogen-bond donors (Lipinski definition) is 1. The topological polar surface area (TPSA) is 46.2 Å². The van der Waals surface area contributed by atoms with E-state index in [4.69, 9.17) is 0 Å². The maximum absolute atomic E-state index is 13.7. The molecule has 2 unspecified atom stereocenters. The molecular weight excluding hydrogens is 221 g/mol. The summed E-state index contributed by atoms with van der Waals surface area (Å²) >= 11 is 0. The SMILES string of the molecule is CCC1C(=O)NC(=O)CC1c1ccccc1F. The lowest BCUT2D eigenvalue weighted by Gasteiger charge is -2.29. The summed E-state index contributed by atoms with van der Waals surface area (Å²) in [5, 5.41) is 2.30. The van der Waals surface area contributed by atoms with Gasteiger partial charge in [-0.1, -0.05) is 25.1 Å². The second kappa shape index (κ2) is 4.65. The molecule has 1 heterocycles. The van der Waals surface area contributed by atoms with Crippen LogP contribution in [0.2, 0.25) is 0 Å². The first kappa shape index (κ1) is 11.8. The van der Waals surface area contributed by atoms with E-state index in [-0.39, 0.29) is 35.9 Å². The van der Waals surface area contributed by atoms with Gasteiger partial charge in [0.05, 0.1) is 0 Å². The summed E-state index contributed by atoms with van der Waals surface area (Å²) in [4.78, 5) is 23.1.